The predicted octanol–water partition coefficient (Wildman–Crippen LogP) is 3.24. The summed E-state index contributed by atoms with van der Waals surface area (Å²) in [5, 5.41) is 17.9. The van der Waals surface area contributed by atoms with Crippen LogP contribution in [-0.2, 0) is 16.0 Å². The van der Waals surface area contributed by atoms with E-state index in [1.54, 1.807) is 44.7 Å². The highest BCUT2D eigenvalue weighted by Crippen LogP contribution is 2.27. The molecule has 0 radical (unpaired) electrons. The SMILES string of the molecule is Cc1cc(-n2nnc(C(=O)N(CC(C)C)[C@H]3C[C@@H](C(N)=O)CN(C(=O)OC(C)(C)C)C3)c2CCCCO)ccc1F. The van der Waals surface area contributed by atoms with Gasteiger partial charge in [-0.1, -0.05) is 19.1 Å². The Hall–Kier alpha value is -3.54. The van der Waals surface area contributed by atoms with Gasteiger partial charge in [-0.25, -0.2) is 13.9 Å². The lowest BCUT2D eigenvalue weighted by molar-refractivity contribution is -0.124. The summed E-state index contributed by atoms with van der Waals surface area (Å²) in [6.45, 7) is 11.5. The van der Waals surface area contributed by atoms with Crippen molar-refractivity contribution in [3.05, 3.63) is 41.0 Å². The number of aliphatic hydroxyl groups is 1. The predicted molar refractivity (Wildman–Crippen MR) is 151 cm³/mol. The van der Waals surface area contributed by atoms with Gasteiger partial charge in [-0.2, -0.15) is 0 Å². The first-order valence-electron chi connectivity index (χ1n) is 14.1. The molecule has 2 heterocycles. The number of aliphatic hydroxyl groups excluding tert-OH is 1. The first-order chi connectivity index (χ1) is 19.2. The van der Waals surface area contributed by atoms with Gasteiger partial charge in [0.1, 0.15) is 11.4 Å². The number of aryl methyl sites for hydroxylation is 1. The Bertz CT molecular complexity index is 1240. The number of nitrogens with zero attached hydrogens (tertiary/aromatic N) is 5. The number of carbonyl (C=O) groups excluding carboxylic acids is 3. The Morgan fingerprint density at radius 2 is 1.93 bits per heavy atom. The maximum absolute atomic E-state index is 14.2. The van der Waals surface area contributed by atoms with Crippen LogP contribution in [-0.4, -0.2) is 85.7 Å². The second-order valence-electron chi connectivity index (χ2n) is 12.1. The third kappa shape index (κ3) is 8.25. The quantitative estimate of drug-likeness (QED) is 0.415. The maximum atomic E-state index is 14.2. The number of piperidine rings is 1. The van der Waals surface area contributed by atoms with E-state index in [2.05, 4.69) is 10.3 Å². The third-order valence-corrected chi connectivity index (χ3v) is 6.92. The summed E-state index contributed by atoms with van der Waals surface area (Å²) < 4.78 is 21.1. The van der Waals surface area contributed by atoms with Crippen LogP contribution in [0.15, 0.2) is 18.2 Å². The normalized spacial score (nSPS) is 17.5. The van der Waals surface area contributed by atoms with Crippen LogP contribution in [0.5, 0.6) is 0 Å². The molecule has 2 atom stereocenters. The van der Waals surface area contributed by atoms with Crippen molar-refractivity contribution < 1.29 is 28.6 Å². The van der Waals surface area contributed by atoms with Crippen LogP contribution < -0.4 is 5.73 Å². The number of hydrogen-bond acceptors (Lipinski definition) is 7. The highest BCUT2D eigenvalue weighted by molar-refractivity contribution is 5.94. The lowest BCUT2D eigenvalue weighted by atomic mass is 9.92. The number of hydrogen-bond donors (Lipinski definition) is 2. The molecule has 3 rings (SSSR count). The van der Waals surface area contributed by atoms with Crippen LogP contribution in [0.4, 0.5) is 9.18 Å². The Morgan fingerprint density at radius 1 is 1.22 bits per heavy atom. The minimum absolute atomic E-state index is 0.00292. The molecule has 11 nitrogen and oxygen atoms in total. The zero-order valence-corrected chi connectivity index (χ0v) is 24.9. The van der Waals surface area contributed by atoms with Crippen molar-refractivity contribution in [2.45, 2.75) is 78.9 Å². The highest BCUT2D eigenvalue weighted by atomic mass is 19.1. The van der Waals surface area contributed by atoms with Gasteiger partial charge in [-0.3, -0.25) is 9.59 Å². The molecule has 0 saturated carbocycles. The fraction of sp³-hybridized carbons (Fsp3) is 0.621. The molecule has 12 heteroatoms. The molecule has 3 amide bonds. The maximum Gasteiger partial charge on any atom is 0.410 e. The Morgan fingerprint density at radius 3 is 2.51 bits per heavy atom. The molecule has 1 saturated heterocycles. The Kier molecular flexibility index (Phi) is 10.5. The summed E-state index contributed by atoms with van der Waals surface area (Å²) in [5.41, 5.74) is 6.62. The van der Waals surface area contributed by atoms with Crippen LogP contribution in [0.2, 0.25) is 0 Å². The van der Waals surface area contributed by atoms with Gasteiger partial charge in [0.05, 0.1) is 23.3 Å². The topological polar surface area (TPSA) is 144 Å². The van der Waals surface area contributed by atoms with E-state index >= 15 is 0 Å². The van der Waals surface area contributed by atoms with Crippen LogP contribution in [0.1, 0.15) is 75.6 Å². The highest BCUT2D eigenvalue weighted by Gasteiger charge is 2.40. The molecule has 226 valence electrons. The molecule has 1 aliphatic heterocycles. The average Bonchev–Trinajstić information content (AvgIpc) is 3.31. The monoisotopic (exact) mass is 574 g/mol. The molecule has 0 unspecified atom stereocenters. The second-order valence-corrected chi connectivity index (χ2v) is 12.1. The first-order valence-corrected chi connectivity index (χ1v) is 14.1. The van der Waals surface area contributed by atoms with Crippen LogP contribution in [0.3, 0.4) is 0 Å². The number of nitrogens with two attached hydrogens (primary N) is 1. The van der Waals surface area contributed by atoms with Crippen molar-refractivity contribution in [2.75, 3.05) is 26.2 Å². The molecule has 41 heavy (non-hydrogen) atoms. The van der Waals surface area contributed by atoms with E-state index in [4.69, 9.17) is 10.5 Å². The van der Waals surface area contributed by atoms with Gasteiger partial charge in [0.25, 0.3) is 5.91 Å². The molecule has 1 aromatic heterocycles. The summed E-state index contributed by atoms with van der Waals surface area (Å²) in [5.74, 6) is -1.89. The lowest BCUT2D eigenvalue weighted by Gasteiger charge is -2.42. The fourth-order valence-corrected chi connectivity index (χ4v) is 4.97. The number of ether oxygens (including phenoxy) is 1. The average molecular weight is 575 g/mol. The zero-order chi connectivity index (χ0) is 30.5. The van der Waals surface area contributed by atoms with E-state index in [1.807, 2.05) is 13.8 Å². The third-order valence-electron chi connectivity index (χ3n) is 6.92. The minimum Gasteiger partial charge on any atom is -0.444 e. The summed E-state index contributed by atoms with van der Waals surface area (Å²) in [4.78, 5) is 42.6. The van der Waals surface area contributed by atoms with Crippen molar-refractivity contribution >= 4 is 17.9 Å². The number of unbranched alkanes of at least 4 members (excludes halogenated alkanes) is 1. The number of likely N-dealkylation sites (tertiary alicyclic amines) is 1. The van der Waals surface area contributed by atoms with Gasteiger partial charge < -0.3 is 25.4 Å². The number of amides is 3. The van der Waals surface area contributed by atoms with E-state index in [-0.39, 0.29) is 49.5 Å². The van der Waals surface area contributed by atoms with Crippen molar-refractivity contribution in [2.24, 2.45) is 17.6 Å². The largest absolute Gasteiger partial charge is 0.444 e. The van der Waals surface area contributed by atoms with Crippen molar-refractivity contribution in [1.29, 1.82) is 0 Å². The number of aromatic nitrogens is 3. The Balaban J connectivity index is 2.02. The second kappa shape index (κ2) is 13.4. The molecular weight excluding hydrogens is 531 g/mol. The molecule has 1 aliphatic rings. The zero-order valence-electron chi connectivity index (χ0n) is 24.9. The first kappa shape index (κ1) is 32.0. The van der Waals surface area contributed by atoms with Crippen molar-refractivity contribution in [3.63, 3.8) is 0 Å². The van der Waals surface area contributed by atoms with E-state index in [0.717, 1.165) is 0 Å². The number of halogens is 1. The van der Waals surface area contributed by atoms with E-state index in [1.165, 1.54) is 15.6 Å². The van der Waals surface area contributed by atoms with Gasteiger partial charge in [-0.05, 0) is 83.1 Å². The lowest BCUT2D eigenvalue weighted by Crippen LogP contribution is -2.57. The summed E-state index contributed by atoms with van der Waals surface area (Å²) in [7, 11) is 0. The summed E-state index contributed by atoms with van der Waals surface area (Å²) in [6.07, 6.45) is 1.21. The molecule has 1 fully saturated rings. The summed E-state index contributed by atoms with van der Waals surface area (Å²) >= 11 is 0. The van der Waals surface area contributed by atoms with Crippen LogP contribution in [0, 0.1) is 24.6 Å². The number of benzene rings is 1. The van der Waals surface area contributed by atoms with E-state index in [0.29, 0.717) is 42.8 Å². The Labute approximate surface area is 240 Å². The van der Waals surface area contributed by atoms with Crippen LogP contribution >= 0.6 is 0 Å². The molecule has 0 spiro atoms. The molecule has 2 aromatic rings. The van der Waals surface area contributed by atoms with Crippen LogP contribution in [0.25, 0.3) is 5.69 Å². The van der Waals surface area contributed by atoms with Gasteiger partial charge in [0, 0.05) is 26.2 Å². The van der Waals surface area contributed by atoms with Crippen molar-refractivity contribution in [1.82, 2.24) is 24.8 Å². The van der Waals surface area contributed by atoms with E-state index < -0.39 is 29.6 Å². The molecule has 0 aliphatic carbocycles. The molecule has 1 aromatic carbocycles. The van der Waals surface area contributed by atoms with Gasteiger partial charge in [-0.15, -0.1) is 5.10 Å². The van der Waals surface area contributed by atoms with Crippen molar-refractivity contribution in [3.8, 4) is 5.69 Å². The number of carbonyl (C=O) groups is 3. The number of rotatable bonds is 10. The smallest absolute Gasteiger partial charge is 0.410 e. The fourth-order valence-electron chi connectivity index (χ4n) is 4.97. The molecular formula is C29H43FN6O5. The van der Waals surface area contributed by atoms with Gasteiger partial charge in [0.2, 0.25) is 5.91 Å². The van der Waals surface area contributed by atoms with Gasteiger partial charge in [0.15, 0.2) is 5.69 Å². The molecule has 3 N–H and O–H groups in total. The standard InChI is InChI=1S/C29H43FN6O5/c1-18(2)15-35(22-14-20(26(31)38)16-34(17-22)28(40)41-29(4,5)6)27(39)25-24(9-7-8-12-37)36(33-32-25)21-10-11-23(30)19(3)13-21/h10-11,13,18,20,22,37H,7-9,12,14-17H2,1-6H3,(H2,31,38)/t20-,22+/m1/s1. The van der Waals surface area contributed by atoms with E-state index in [9.17, 15) is 23.9 Å². The van der Waals surface area contributed by atoms with Gasteiger partial charge >= 0.3 is 6.09 Å². The summed E-state index contributed by atoms with van der Waals surface area (Å²) in [6, 6.07) is 4.03. The number of primary amides is 1. The minimum atomic E-state index is -0.736. The molecule has 0 bridgehead atoms.